The van der Waals surface area contributed by atoms with Crippen molar-refractivity contribution in [2.75, 3.05) is 44.7 Å². The molecule has 20 heavy (non-hydrogen) atoms. The predicted octanol–water partition coefficient (Wildman–Crippen LogP) is 2.59. The number of hydrogen-bond acceptors (Lipinski definition) is 3. The summed E-state index contributed by atoms with van der Waals surface area (Å²) in [5, 5.41) is 0. The lowest BCUT2D eigenvalue weighted by molar-refractivity contribution is -0.904. The van der Waals surface area contributed by atoms with Crippen molar-refractivity contribution in [2.45, 2.75) is 6.92 Å². The Morgan fingerprint density at radius 2 is 2.15 bits per heavy atom. The van der Waals surface area contributed by atoms with Gasteiger partial charge in [0.2, 0.25) is 0 Å². The predicted molar refractivity (Wildman–Crippen MR) is 81.9 cm³/mol. The zero-order valence-corrected chi connectivity index (χ0v) is 12.3. The number of piperazine rings is 1. The van der Waals surface area contributed by atoms with E-state index in [1.54, 1.807) is 0 Å². The molecule has 0 spiro atoms. The fraction of sp³-hybridized carbons (Fsp3) is 0.438. The van der Waals surface area contributed by atoms with Crippen molar-refractivity contribution < 1.29 is 8.90 Å². The van der Waals surface area contributed by atoms with E-state index >= 15 is 0 Å². The van der Waals surface area contributed by atoms with Crippen molar-refractivity contribution in [3.05, 3.63) is 36.4 Å². The topological polar surface area (TPSA) is 29.3 Å². The van der Waals surface area contributed by atoms with E-state index in [0.29, 0.717) is 0 Å². The van der Waals surface area contributed by atoms with Crippen LogP contribution in [-0.4, -0.2) is 49.2 Å². The number of fused-ring (bicyclic) bond motifs is 1. The van der Waals surface area contributed by atoms with Crippen molar-refractivity contribution in [2.24, 2.45) is 0 Å². The van der Waals surface area contributed by atoms with Gasteiger partial charge in [-0.25, -0.2) is 0 Å². The highest BCUT2D eigenvalue weighted by molar-refractivity contribution is 5.75. The lowest BCUT2D eigenvalue weighted by Gasteiger charge is -2.40. The third-order valence-corrected chi connectivity index (χ3v) is 4.19. The Morgan fingerprint density at radius 1 is 1.40 bits per heavy atom. The van der Waals surface area contributed by atoms with E-state index in [9.17, 15) is 0 Å². The molecule has 1 aromatic carbocycles. The minimum Gasteiger partial charge on any atom is -0.423 e. The monoisotopic (exact) mass is 272 g/mol. The zero-order chi connectivity index (χ0) is 14.2. The Kier molecular flexibility index (Phi) is 3.26. The number of anilines is 1. The van der Waals surface area contributed by atoms with Gasteiger partial charge < -0.3 is 13.8 Å². The third-order valence-electron chi connectivity index (χ3n) is 4.19. The van der Waals surface area contributed by atoms with Crippen LogP contribution in [-0.2, 0) is 0 Å². The van der Waals surface area contributed by atoms with Crippen molar-refractivity contribution >= 4 is 17.1 Å². The molecular weight excluding hydrogens is 250 g/mol. The van der Waals surface area contributed by atoms with Crippen LogP contribution in [0.4, 0.5) is 6.01 Å². The summed E-state index contributed by atoms with van der Waals surface area (Å²) in [4.78, 5) is 6.85. The maximum Gasteiger partial charge on any atom is 0.298 e. The lowest BCUT2D eigenvalue weighted by atomic mass is 10.2. The first-order valence-electron chi connectivity index (χ1n) is 7.16. The number of rotatable bonds is 3. The molecule has 0 unspecified atom stereocenters. The summed E-state index contributed by atoms with van der Waals surface area (Å²) in [6.45, 7) is 11.1. The Balaban J connectivity index is 1.78. The maximum absolute atomic E-state index is 5.90. The smallest absolute Gasteiger partial charge is 0.298 e. The first-order valence-corrected chi connectivity index (χ1v) is 7.16. The Bertz CT molecular complexity index is 624. The summed E-state index contributed by atoms with van der Waals surface area (Å²) in [5.41, 5.74) is 3.03. The Labute approximate surface area is 119 Å². The van der Waals surface area contributed by atoms with E-state index in [0.717, 1.165) is 54.3 Å². The first-order chi connectivity index (χ1) is 9.59. The van der Waals surface area contributed by atoms with E-state index < -0.39 is 0 Å². The molecule has 1 fully saturated rings. The highest BCUT2D eigenvalue weighted by Crippen LogP contribution is 2.24. The van der Waals surface area contributed by atoms with Gasteiger partial charge in [0.15, 0.2) is 5.58 Å². The standard InChI is InChI=1S/C16H22N3O/c1-4-9-19(3)10-7-18(8-11-19)16-17-14-6-5-13(2)12-15(14)20-16/h4-6,12H,1,7-11H2,2-3H3/q+1. The highest BCUT2D eigenvalue weighted by Gasteiger charge is 2.29. The number of quaternary nitrogens is 1. The van der Waals surface area contributed by atoms with Crippen LogP contribution in [0.1, 0.15) is 5.56 Å². The van der Waals surface area contributed by atoms with Gasteiger partial charge in [-0.3, -0.25) is 0 Å². The second-order valence-electron chi connectivity index (χ2n) is 5.99. The summed E-state index contributed by atoms with van der Waals surface area (Å²) in [5.74, 6) is 0. The Hall–Kier alpha value is -1.81. The van der Waals surface area contributed by atoms with Crippen molar-refractivity contribution in [3.8, 4) is 0 Å². The maximum atomic E-state index is 5.90. The number of hydrogen-bond donors (Lipinski definition) is 0. The van der Waals surface area contributed by atoms with Crippen molar-refractivity contribution in [1.82, 2.24) is 4.98 Å². The largest absolute Gasteiger partial charge is 0.423 e. The molecule has 4 heteroatoms. The van der Waals surface area contributed by atoms with Crippen LogP contribution >= 0.6 is 0 Å². The number of benzene rings is 1. The molecule has 1 saturated heterocycles. The molecule has 0 amide bonds. The number of aromatic nitrogens is 1. The van der Waals surface area contributed by atoms with Crippen molar-refractivity contribution in [1.29, 1.82) is 0 Å². The molecule has 106 valence electrons. The molecule has 1 aromatic heterocycles. The molecule has 0 N–H and O–H groups in total. The van der Waals surface area contributed by atoms with E-state index in [1.807, 2.05) is 18.2 Å². The quantitative estimate of drug-likeness (QED) is 0.635. The second-order valence-corrected chi connectivity index (χ2v) is 5.99. The van der Waals surface area contributed by atoms with Gasteiger partial charge in [0.25, 0.3) is 6.01 Å². The van der Waals surface area contributed by atoms with Gasteiger partial charge in [-0.2, -0.15) is 4.98 Å². The van der Waals surface area contributed by atoms with Gasteiger partial charge in [0.05, 0.1) is 39.8 Å². The molecule has 2 heterocycles. The SMILES string of the molecule is C=CC[N+]1(C)CCN(c2nc3ccc(C)cc3o2)CC1. The summed E-state index contributed by atoms with van der Waals surface area (Å²) >= 11 is 0. The fourth-order valence-electron chi connectivity index (χ4n) is 2.79. The van der Waals surface area contributed by atoms with Gasteiger partial charge in [-0.15, -0.1) is 0 Å². The summed E-state index contributed by atoms with van der Waals surface area (Å²) in [7, 11) is 2.29. The molecule has 0 bridgehead atoms. The van der Waals surface area contributed by atoms with Crippen LogP contribution in [0.25, 0.3) is 11.1 Å². The molecule has 1 aliphatic heterocycles. The fourth-order valence-corrected chi connectivity index (χ4v) is 2.79. The number of nitrogens with zero attached hydrogens (tertiary/aromatic N) is 3. The summed E-state index contributed by atoms with van der Waals surface area (Å²) < 4.78 is 6.96. The zero-order valence-electron chi connectivity index (χ0n) is 12.3. The van der Waals surface area contributed by atoms with Crippen LogP contribution in [0.3, 0.4) is 0 Å². The normalized spacial score (nSPS) is 18.4. The minimum absolute atomic E-state index is 0.760. The van der Waals surface area contributed by atoms with Gasteiger partial charge in [-0.05, 0) is 30.7 Å². The van der Waals surface area contributed by atoms with Crippen LogP contribution in [0.15, 0.2) is 35.3 Å². The van der Waals surface area contributed by atoms with E-state index in [4.69, 9.17) is 4.42 Å². The molecule has 0 radical (unpaired) electrons. The van der Waals surface area contributed by atoms with Crippen LogP contribution < -0.4 is 4.90 Å². The lowest BCUT2D eigenvalue weighted by Crippen LogP contribution is -2.57. The van der Waals surface area contributed by atoms with Crippen LogP contribution in [0.2, 0.25) is 0 Å². The molecule has 1 aliphatic rings. The first kappa shape index (κ1) is 13.2. The van der Waals surface area contributed by atoms with E-state index in [-0.39, 0.29) is 0 Å². The van der Waals surface area contributed by atoms with E-state index in [2.05, 4.69) is 36.5 Å². The summed E-state index contributed by atoms with van der Waals surface area (Å²) in [6, 6.07) is 6.91. The number of oxazole rings is 1. The van der Waals surface area contributed by atoms with Gasteiger partial charge >= 0.3 is 0 Å². The summed E-state index contributed by atoms with van der Waals surface area (Å²) in [6.07, 6.45) is 2.01. The van der Waals surface area contributed by atoms with E-state index in [1.165, 1.54) is 5.56 Å². The second kappa shape index (κ2) is 4.94. The molecular formula is C16H22N3O+. The molecule has 0 aliphatic carbocycles. The number of aryl methyl sites for hydroxylation is 1. The number of likely N-dealkylation sites (N-methyl/N-ethyl adjacent to an activating group) is 1. The molecule has 3 rings (SSSR count). The molecule has 0 saturated carbocycles. The Morgan fingerprint density at radius 3 is 2.85 bits per heavy atom. The van der Waals surface area contributed by atoms with Gasteiger partial charge in [-0.1, -0.05) is 12.6 Å². The average molecular weight is 272 g/mol. The molecule has 0 atom stereocenters. The van der Waals surface area contributed by atoms with Gasteiger partial charge in [0, 0.05) is 0 Å². The van der Waals surface area contributed by atoms with Crippen molar-refractivity contribution in [3.63, 3.8) is 0 Å². The minimum atomic E-state index is 0.760. The van der Waals surface area contributed by atoms with Crippen LogP contribution in [0.5, 0.6) is 0 Å². The average Bonchev–Trinajstić information content (AvgIpc) is 2.82. The van der Waals surface area contributed by atoms with Crippen LogP contribution in [0, 0.1) is 6.92 Å². The molecule has 4 nitrogen and oxygen atoms in total. The van der Waals surface area contributed by atoms with Gasteiger partial charge in [0.1, 0.15) is 5.52 Å². The highest BCUT2D eigenvalue weighted by atomic mass is 16.4. The molecule has 2 aromatic rings. The third kappa shape index (κ3) is 2.43.